The van der Waals surface area contributed by atoms with Crippen LogP contribution in [0.4, 0.5) is 4.39 Å². The molecule has 0 fully saturated rings. The summed E-state index contributed by atoms with van der Waals surface area (Å²) >= 11 is 0. The van der Waals surface area contributed by atoms with E-state index in [4.69, 9.17) is 5.11 Å². The maximum absolute atomic E-state index is 13.4. The Kier molecular flexibility index (Phi) is 3.31. The van der Waals surface area contributed by atoms with Gasteiger partial charge in [0.05, 0.1) is 11.3 Å². The number of allylic oxidation sites excluding steroid dienone is 1. The summed E-state index contributed by atoms with van der Waals surface area (Å²) in [7, 11) is 0. The van der Waals surface area contributed by atoms with Gasteiger partial charge in [0.15, 0.2) is 0 Å². The van der Waals surface area contributed by atoms with Crippen LogP contribution in [0.5, 0.6) is 0 Å². The lowest BCUT2D eigenvalue weighted by molar-refractivity contribution is 0.0691. The van der Waals surface area contributed by atoms with Crippen LogP contribution in [0.15, 0.2) is 34.8 Å². The predicted octanol–water partition coefficient (Wildman–Crippen LogP) is 0.0828. The second-order valence-electron chi connectivity index (χ2n) is 4.69. The van der Waals surface area contributed by atoms with E-state index in [0.717, 1.165) is 6.07 Å². The first-order valence-electron chi connectivity index (χ1n) is 6.37. The lowest BCUT2D eigenvalue weighted by atomic mass is 10.0. The third-order valence-electron chi connectivity index (χ3n) is 3.26. The summed E-state index contributed by atoms with van der Waals surface area (Å²) in [6.45, 7) is 0. The summed E-state index contributed by atoms with van der Waals surface area (Å²) in [4.78, 5) is 22.6. The maximum Gasteiger partial charge on any atom is 0.338 e. The molecule has 0 aliphatic heterocycles. The van der Waals surface area contributed by atoms with Gasteiger partial charge in [0.2, 0.25) is 0 Å². The number of rotatable bonds is 3. The fourth-order valence-corrected chi connectivity index (χ4v) is 2.22. The standard InChI is InChI=1S/C16H9FN2O3/c17-13-6-5-9(7-12(13)16(21)22)8-14-10-3-1-2-4-11(10)15(20)19-18-14/h1,3,5-7H,8H2,(H,19,20)(H,21,22). The molecule has 108 valence electrons. The minimum atomic E-state index is -1.33. The Morgan fingerprint density at radius 1 is 1.41 bits per heavy atom. The van der Waals surface area contributed by atoms with E-state index in [-0.39, 0.29) is 12.0 Å². The molecule has 22 heavy (non-hydrogen) atoms. The molecule has 3 rings (SSSR count). The molecule has 5 nitrogen and oxygen atoms in total. The number of halogens is 1. The number of carboxylic acid groups (broad SMARTS) is 1. The fraction of sp³-hybridized carbons (Fsp3) is 0.0625. The third kappa shape index (κ3) is 2.40. The van der Waals surface area contributed by atoms with Gasteiger partial charge >= 0.3 is 5.97 Å². The first-order chi connectivity index (χ1) is 10.6. The minimum absolute atomic E-state index is 0.256. The van der Waals surface area contributed by atoms with Crippen LogP contribution in [-0.4, -0.2) is 21.3 Å². The topological polar surface area (TPSA) is 83.0 Å². The zero-order valence-corrected chi connectivity index (χ0v) is 11.2. The molecule has 0 bridgehead atoms. The average molecular weight is 296 g/mol. The van der Waals surface area contributed by atoms with Gasteiger partial charge in [0.1, 0.15) is 11.0 Å². The number of aromatic amines is 1. The van der Waals surface area contributed by atoms with Crippen molar-refractivity contribution in [2.75, 3.05) is 0 Å². The van der Waals surface area contributed by atoms with Gasteiger partial charge in [-0.25, -0.2) is 14.3 Å². The molecule has 1 aliphatic carbocycles. The summed E-state index contributed by atoms with van der Waals surface area (Å²) < 4.78 is 13.4. The summed E-state index contributed by atoms with van der Waals surface area (Å²) in [5.41, 5.74) is 5.77. The van der Waals surface area contributed by atoms with E-state index >= 15 is 0 Å². The van der Waals surface area contributed by atoms with Crippen LogP contribution >= 0.6 is 0 Å². The largest absolute Gasteiger partial charge is 0.478 e. The number of hydrogen-bond acceptors (Lipinski definition) is 3. The number of H-pyrrole nitrogens is 1. The van der Waals surface area contributed by atoms with E-state index in [9.17, 15) is 14.0 Å². The lowest BCUT2D eigenvalue weighted by Gasteiger charge is -2.05. The predicted molar refractivity (Wildman–Crippen MR) is 76.2 cm³/mol. The Bertz CT molecular complexity index is 1040. The van der Waals surface area contributed by atoms with Crippen LogP contribution in [0.2, 0.25) is 0 Å². The highest BCUT2D eigenvalue weighted by Crippen LogP contribution is 2.12. The molecule has 1 heterocycles. The SMILES string of the molecule is O=C(O)c1cc(Cc2n[nH]c(=O)c3c2=CC=C=C=3)ccc1F. The number of aromatic carboxylic acids is 1. The van der Waals surface area contributed by atoms with Gasteiger partial charge in [-0.1, -0.05) is 17.5 Å². The van der Waals surface area contributed by atoms with Crippen molar-refractivity contribution in [1.82, 2.24) is 10.2 Å². The number of carboxylic acids is 1. The molecule has 0 atom stereocenters. The molecular formula is C16H9FN2O3. The monoisotopic (exact) mass is 296 g/mol. The van der Waals surface area contributed by atoms with Crippen molar-refractivity contribution in [1.29, 1.82) is 0 Å². The van der Waals surface area contributed by atoms with E-state index in [0.29, 0.717) is 21.7 Å². The smallest absolute Gasteiger partial charge is 0.338 e. The van der Waals surface area contributed by atoms with Crippen LogP contribution in [0.3, 0.4) is 0 Å². The average Bonchev–Trinajstić information content (AvgIpc) is 2.52. The fourth-order valence-electron chi connectivity index (χ4n) is 2.22. The van der Waals surface area contributed by atoms with Crippen LogP contribution in [0, 0.1) is 5.82 Å². The number of nitrogens with zero attached hydrogens (tertiary/aromatic N) is 1. The molecule has 0 saturated carbocycles. The molecule has 0 radical (unpaired) electrons. The molecule has 0 spiro atoms. The molecule has 1 aliphatic rings. The minimum Gasteiger partial charge on any atom is -0.478 e. The number of aromatic nitrogens is 2. The summed E-state index contributed by atoms with van der Waals surface area (Å²) in [6, 6.07) is 3.85. The van der Waals surface area contributed by atoms with Crippen LogP contribution < -0.4 is 16.0 Å². The van der Waals surface area contributed by atoms with Gasteiger partial charge in [0.25, 0.3) is 5.56 Å². The molecular weight excluding hydrogens is 287 g/mol. The number of carbonyl (C=O) groups is 1. The van der Waals surface area contributed by atoms with Gasteiger partial charge < -0.3 is 5.11 Å². The number of hydrogen-bond donors (Lipinski definition) is 2. The Morgan fingerprint density at radius 2 is 2.23 bits per heavy atom. The normalized spacial score (nSPS) is 11.5. The summed E-state index contributed by atoms with van der Waals surface area (Å²) in [5.74, 6) is -2.12. The van der Waals surface area contributed by atoms with E-state index in [1.165, 1.54) is 12.1 Å². The molecule has 1 aromatic heterocycles. The van der Waals surface area contributed by atoms with Crippen molar-refractivity contribution < 1.29 is 14.3 Å². The molecule has 0 unspecified atom stereocenters. The number of fused-ring (bicyclic) bond motifs is 1. The van der Waals surface area contributed by atoms with Crippen molar-refractivity contribution in [3.8, 4) is 0 Å². The van der Waals surface area contributed by atoms with Crippen molar-refractivity contribution in [3.63, 3.8) is 0 Å². The molecule has 1 aromatic carbocycles. The highest BCUT2D eigenvalue weighted by Gasteiger charge is 2.12. The Morgan fingerprint density at radius 3 is 3.00 bits per heavy atom. The Labute approximate surface area is 123 Å². The van der Waals surface area contributed by atoms with Gasteiger partial charge in [0, 0.05) is 11.6 Å². The zero-order valence-electron chi connectivity index (χ0n) is 11.2. The lowest BCUT2D eigenvalue weighted by Crippen LogP contribution is -2.43. The van der Waals surface area contributed by atoms with Crippen molar-refractivity contribution >= 4 is 17.8 Å². The molecule has 6 heteroatoms. The molecule has 0 amide bonds. The zero-order chi connectivity index (χ0) is 15.7. The van der Waals surface area contributed by atoms with Crippen molar-refractivity contribution in [2.45, 2.75) is 6.42 Å². The third-order valence-corrected chi connectivity index (χ3v) is 3.26. The molecule has 2 aromatic rings. The second kappa shape index (κ2) is 5.30. The van der Waals surface area contributed by atoms with Crippen LogP contribution in [0.25, 0.3) is 11.8 Å². The van der Waals surface area contributed by atoms with Gasteiger partial charge in [-0.15, -0.1) is 0 Å². The van der Waals surface area contributed by atoms with E-state index in [1.807, 2.05) is 0 Å². The van der Waals surface area contributed by atoms with E-state index in [2.05, 4.69) is 21.7 Å². The van der Waals surface area contributed by atoms with Crippen LogP contribution in [-0.2, 0) is 6.42 Å². The van der Waals surface area contributed by atoms with E-state index in [1.54, 1.807) is 12.2 Å². The van der Waals surface area contributed by atoms with Gasteiger partial charge in [-0.2, -0.15) is 5.10 Å². The molecule has 0 saturated heterocycles. The Balaban J connectivity index is 2.11. The van der Waals surface area contributed by atoms with Crippen molar-refractivity contribution in [3.05, 3.63) is 73.4 Å². The van der Waals surface area contributed by atoms with Crippen molar-refractivity contribution in [2.24, 2.45) is 0 Å². The number of nitrogens with one attached hydrogen (secondary N) is 1. The quantitative estimate of drug-likeness (QED) is 0.786. The number of benzene rings is 1. The Hall–Kier alpha value is -3.20. The first kappa shape index (κ1) is 13.8. The molecule has 2 N–H and O–H groups in total. The summed E-state index contributed by atoms with van der Waals surface area (Å²) in [5, 5.41) is 16.2. The van der Waals surface area contributed by atoms with E-state index < -0.39 is 17.3 Å². The summed E-state index contributed by atoms with van der Waals surface area (Å²) in [6.07, 6.45) is 3.55. The van der Waals surface area contributed by atoms with Gasteiger partial charge in [-0.3, -0.25) is 4.79 Å². The highest BCUT2D eigenvalue weighted by molar-refractivity contribution is 5.88. The second-order valence-corrected chi connectivity index (χ2v) is 4.69. The maximum atomic E-state index is 13.4. The van der Waals surface area contributed by atoms with Gasteiger partial charge in [-0.05, 0) is 29.8 Å². The van der Waals surface area contributed by atoms with Crippen LogP contribution in [0.1, 0.15) is 21.6 Å². The first-order valence-corrected chi connectivity index (χ1v) is 6.37. The highest BCUT2D eigenvalue weighted by atomic mass is 19.1.